The molecule has 0 aromatic rings. The predicted molar refractivity (Wildman–Crippen MR) is 152 cm³/mol. The number of fused-ring (bicyclic) bond motifs is 7. The summed E-state index contributed by atoms with van der Waals surface area (Å²) in [6, 6.07) is 0. The zero-order chi connectivity index (χ0) is 27.7. The highest BCUT2D eigenvalue weighted by molar-refractivity contribution is 6.01. The fourth-order valence-electron chi connectivity index (χ4n) is 11.7. The van der Waals surface area contributed by atoms with Crippen LogP contribution >= 0.6 is 0 Å². The highest BCUT2D eigenvalue weighted by Gasteiger charge is 2.67. The highest BCUT2D eigenvalue weighted by Crippen LogP contribution is 2.73. The first-order valence-electron chi connectivity index (χ1n) is 16.0. The van der Waals surface area contributed by atoms with Crippen molar-refractivity contribution in [1.82, 2.24) is 0 Å². The molecule has 0 spiro atoms. The van der Waals surface area contributed by atoms with Gasteiger partial charge in [0.15, 0.2) is 12.1 Å². The summed E-state index contributed by atoms with van der Waals surface area (Å²) in [5.74, 6) is 4.68. The first-order valence-corrected chi connectivity index (χ1v) is 16.0. The molecule has 5 aliphatic rings. The molecular weight excluding hydrogens is 472 g/mol. The van der Waals surface area contributed by atoms with Gasteiger partial charge in [0.1, 0.15) is 0 Å². The van der Waals surface area contributed by atoms with Gasteiger partial charge in [-0.25, -0.2) is 0 Å². The van der Waals surface area contributed by atoms with E-state index in [4.69, 9.17) is 9.47 Å². The Bertz CT molecular complexity index is 931. The van der Waals surface area contributed by atoms with E-state index in [0.29, 0.717) is 43.5 Å². The quantitative estimate of drug-likeness (QED) is 0.349. The molecule has 0 radical (unpaired) electrons. The van der Waals surface area contributed by atoms with Crippen LogP contribution in [-0.2, 0) is 14.3 Å². The molecule has 38 heavy (non-hydrogen) atoms. The van der Waals surface area contributed by atoms with Gasteiger partial charge >= 0.3 is 0 Å². The number of aliphatic hydroxyl groups excluding tert-OH is 1. The molecule has 0 aromatic heterocycles. The number of hydrogen-bond acceptors (Lipinski definition) is 4. The molecule has 216 valence electrons. The summed E-state index contributed by atoms with van der Waals surface area (Å²) in [4.78, 5) is 13.9. The summed E-state index contributed by atoms with van der Waals surface area (Å²) in [6.45, 7) is 19.7. The van der Waals surface area contributed by atoms with Gasteiger partial charge in [0.2, 0.25) is 0 Å². The Labute approximate surface area is 232 Å². The third-order valence-corrected chi connectivity index (χ3v) is 13.2. The zero-order valence-corrected chi connectivity index (χ0v) is 25.6. The smallest absolute Gasteiger partial charge is 0.186 e. The Morgan fingerprint density at radius 3 is 2.18 bits per heavy atom. The minimum Gasteiger partial charge on any atom is -0.396 e. The van der Waals surface area contributed by atoms with Crippen molar-refractivity contribution in [2.75, 3.05) is 19.8 Å². The molecule has 4 heteroatoms. The molecule has 0 saturated heterocycles. The van der Waals surface area contributed by atoms with Crippen LogP contribution in [0.5, 0.6) is 0 Å². The number of Topliss-reactive ketones (excluding diaryl/α,β-unsaturated/α-hetero) is 1. The molecule has 1 N–H and O–H groups in total. The molecule has 0 heterocycles. The monoisotopic (exact) mass is 528 g/mol. The lowest BCUT2D eigenvalue weighted by atomic mass is 9.36. The summed E-state index contributed by atoms with van der Waals surface area (Å²) < 4.78 is 12.1. The van der Waals surface area contributed by atoms with Crippen LogP contribution in [0.4, 0.5) is 0 Å². The molecule has 0 bridgehead atoms. The second-order valence-corrected chi connectivity index (χ2v) is 15.3. The van der Waals surface area contributed by atoms with E-state index < -0.39 is 11.7 Å². The minimum atomic E-state index is -0.566. The minimum absolute atomic E-state index is 0.0458. The average molecular weight is 529 g/mol. The standard InChI is InChI=1S/C34H56O4/c1-9-37-30(38-10-2)24-19-33(8)26(31(5,6)29(24)36)15-16-32(7)25-14-18-34(20-35)17-13-22(21(3)4)28(34)23(25)11-12-27(32)33/h19,21-23,25-28,30,35H,9-18,20H2,1-8H3/t22-,23-,25?,26-,27-,28+,32-,33-,34+/m0/s1. The zero-order valence-electron chi connectivity index (χ0n) is 25.6. The summed E-state index contributed by atoms with van der Waals surface area (Å²) >= 11 is 0. The van der Waals surface area contributed by atoms with Crippen molar-refractivity contribution in [3.8, 4) is 0 Å². The van der Waals surface area contributed by atoms with Crippen LogP contribution < -0.4 is 0 Å². The van der Waals surface area contributed by atoms with E-state index in [1.54, 1.807) is 0 Å². The number of hydrogen-bond donors (Lipinski definition) is 1. The first-order chi connectivity index (χ1) is 17.9. The molecule has 4 saturated carbocycles. The van der Waals surface area contributed by atoms with Crippen molar-refractivity contribution in [1.29, 1.82) is 0 Å². The van der Waals surface area contributed by atoms with Crippen molar-refractivity contribution in [2.45, 2.75) is 113 Å². The third-order valence-electron chi connectivity index (χ3n) is 13.2. The summed E-state index contributed by atoms with van der Waals surface area (Å²) in [7, 11) is 0. The Morgan fingerprint density at radius 1 is 0.921 bits per heavy atom. The molecule has 5 aliphatic carbocycles. The van der Waals surface area contributed by atoms with Crippen molar-refractivity contribution in [3.63, 3.8) is 0 Å². The Hall–Kier alpha value is -0.710. The van der Waals surface area contributed by atoms with E-state index in [0.717, 1.165) is 29.7 Å². The van der Waals surface area contributed by atoms with Gasteiger partial charge in [0.25, 0.3) is 0 Å². The number of rotatable bonds is 7. The van der Waals surface area contributed by atoms with Crippen LogP contribution in [0, 0.1) is 63.1 Å². The molecule has 1 unspecified atom stereocenters. The normalized spacial score (nSPS) is 45.9. The van der Waals surface area contributed by atoms with Gasteiger partial charge in [0, 0.05) is 30.8 Å². The number of aliphatic hydroxyl groups is 1. The van der Waals surface area contributed by atoms with Gasteiger partial charge in [-0.1, -0.05) is 47.6 Å². The third kappa shape index (κ3) is 3.97. The predicted octanol–water partition coefficient (Wildman–Crippen LogP) is 7.44. The average Bonchev–Trinajstić information content (AvgIpc) is 3.27. The van der Waals surface area contributed by atoms with Gasteiger partial charge in [-0.3, -0.25) is 4.79 Å². The summed E-state index contributed by atoms with van der Waals surface area (Å²) in [5.41, 5.74) is 0.730. The maximum atomic E-state index is 13.9. The van der Waals surface area contributed by atoms with Crippen LogP contribution in [-0.4, -0.2) is 37.0 Å². The van der Waals surface area contributed by atoms with Crippen molar-refractivity contribution < 1.29 is 19.4 Å². The van der Waals surface area contributed by atoms with Crippen LogP contribution in [0.1, 0.15) is 107 Å². The lowest BCUT2D eigenvalue weighted by molar-refractivity contribution is -0.185. The first kappa shape index (κ1) is 28.8. The number of allylic oxidation sites excluding steroid dienone is 1. The summed E-state index contributed by atoms with van der Waals surface area (Å²) in [5, 5.41) is 10.7. The molecule has 0 amide bonds. The van der Waals surface area contributed by atoms with E-state index in [1.807, 2.05) is 13.8 Å². The van der Waals surface area contributed by atoms with Gasteiger partial charge in [-0.2, -0.15) is 0 Å². The molecular formula is C34H56O4. The van der Waals surface area contributed by atoms with Crippen LogP contribution in [0.15, 0.2) is 11.6 Å². The topological polar surface area (TPSA) is 55.8 Å². The van der Waals surface area contributed by atoms with Gasteiger partial charge < -0.3 is 14.6 Å². The summed E-state index contributed by atoms with van der Waals surface area (Å²) in [6.07, 6.45) is 11.6. The van der Waals surface area contributed by atoms with Crippen LogP contribution in [0.25, 0.3) is 0 Å². The van der Waals surface area contributed by atoms with Crippen molar-refractivity contribution in [2.24, 2.45) is 63.1 Å². The molecule has 4 nitrogen and oxygen atoms in total. The lowest BCUT2D eigenvalue weighted by Crippen LogP contribution is -2.62. The second kappa shape index (κ2) is 9.98. The van der Waals surface area contributed by atoms with Crippen LogP contribution in [0.2, 0.25) is 0 Å². The number of carbonyl (C=O) groups is 1. The van der Waals surface area contributed by atoms with Crippen molar-refractivity contribution in [3.05, 3.63) is 11.6 Å². The van der Waals surface area contributed by atoms with E-state index in [2.05, 4.69) is 47.6 Å². The largest absolute Gasteiger partial charge is 0.396 e. The van der Waals surface area contributed by atoms with E-state index in [-0.39, 0.29) is 22.0 Å². The number of ether oxygens (including phenoxy) is 2. The molecule has 5 rings (SSSR count). The number of carbonyl (C=O) groups excluding carboxylic acids is 1. The van der Waals surface area contributed by atoms with Gasteiger partial charge in [0.05, 0.1) is 0 Å². The Balaban J connectivity index is 1.55. The van der Waals surface area contributed by atoms with E-state index in [1.165, 1.54) is 44.9 Å². The maximum Gasteiger partial charge on any atom is 0.186 e. The molecule has 9 atom stereocenters. The SMILES string of the molecule is CCOC(OCC)C1=C[C@]2(C)[C@H]3CC[C@H]4C(CC[C@@]5(CO)CC[C@@H](C(C)C)[C@H]45)[C@]3(C)CC[C@H]2C(C)(C)C1=O. The van der Waals surface area contributed by atoms with E-state index in [9.17, 15) is 9.90 Å². The molecule has 4 fully saturated rings. The van der Waals surface area contributed by atoms with Gasteiger partial charge in [-0.15, -0.1) is 0 Å². The van der Waals surface area contributed by atoms with Crippen molar-refractivity contribution >= 4 is 5.78 Å². The van der Waals surface area contributed by atoms with E-state index >= 15 is 0 Å². The van der Waals surface area contributed by atoms with Crippen LogP contribution in [0.3, 0.4) is 0 Å². The molecule has 0 aromatic carbocycles. The molecule has 0 aliphatic heterocycles. The second-order valence-electron chi connectivity index (χ2n) is 15.3. The highest BCUT2D eigenvalue weighted by atomic mass is 16.7. The number of ketones is 1. The fraction of sp³-hybridized carbons (Fsp3) is 0.912. The van der Waals surface area contributed by atoms with Gasteiger partial charge in [-0.05, 0) is 123 Å². The fourth-order valence-corrected chi connectivity index (χ4v) is 11.7. The lowest BCUT2D eigenvalue weighted by Gasteiger charge is -2.68. The maximum absolute atomic E-state index is 13.9. The Morgan fingerprint density at radius 2 is 1.58 bits per heavy atom. The Kier molecular flexibility index (Phi) is 7.57.